The fraction of sp³-hybridized carbons (Fsp3) is 0.0769. The quantitative estimate of drug-likeness (QED) is 0.488. The van der Waals surface area contributed by atoms with E-state index < -0.39 is 22.0 Å². The van der Waals surface area contributed by atoms with Gasteiger partial charge in [0, 0.05) is 10.6 Å². The molecule has 1 amide bonds. The van der Waals surface area contributed by atoms with E-state index in [2.05, 4.69) is 4.28 Å². The van der Waals surface area contributed by atoms with E-state index in [1.165, 1.54) is 12.1 Å². The summed E-state index contributed by atoms with van der Waals surface area (Å²) in [6.45, 7) is 0. The molecule has 1 aromatic heterocycles. The molecule has 0 atom stereocenters. The largest absolute Gasteiger partial charge is 0.451 e. The zero-order chi connectivity index (χ0) is 17.2. The molecular weight excluding hydrogens is 346 g/mol. The van der Waals surface area contributed by atoms with E-state index >= 15 is 0 Å². The fourth-order valence-electron chi connectivity index (χ4n) is 1.64. The number of rotatable bonds is 4. The van der Waals surface area contributed by atoms with E-state index in [0.29, 0.717) is 16.3 Å². The maximum Gasteiger partial charge on any atom is 0.321 e. The van der Waals surface area contributed by atoms with Gasteiger partial charge in [-0.3, -0.25) is 10.2 Å². The second kappa shape index (κ2) is 6.41. The third-order valence-corrected chi connectivity index (χ3v) is 3.23. The molecule has 0 aliphatic rings. The lowest BCUT2D eigenvalue weighted by molar-refractivity contribution is 0.0173. The molecule has 2 rings (SSSR count). The van der Waals surface area contributed by atoms with Gasteiger partial charge in [0.2, 0.25) is 5.96 Å². The minimum Gasteiger partial charge on any atom is -0.451 e. The summed E-state index contributed by atoms with van der Waals surface area (Å²) in [5, 5.41) is 7.91. The molecule has 0 radical (unpaired) electrons. The van der Waals surface area contributed by atoms with Gasteiger partial charge in [-0.25, -0.2) is 0 Å². The Morgan fingerprint density at radius 2 is 1.87 bits per heavy atom. The van der Waals surface area contributed by atoms with Crippen molar-refractivity contribution in [1.29, 1.82) is 5.41 Å². The van der Waals surface area contributed by atoms with Gasteiger partial charge in [-0.1, -0.05) is 11.6 Å². The van der Waals surface area contributed by atoms with Crippen molar-refractivity contribution in [3.05, 3.63) is 47.2 Å². The second-order valence-corrected chi connectivity index (χ2v) is 6.43. The van der Waals surface area contributed by atoms with E-state index in [1.54, 1.807) is 24.3 Å². The lowest BCUT2D eigenvalue weighted by Gasteiger charge is -2.16. The minimum atomic E-state index is -4.04. The molecule has 0 bridgehead atoms. The van der Waals surface area contributed by atoms with Gasteiger partial charge in [-0.2, -0.15) is 8.42 Å². The fourth-order valence-corrected chi connectivity index (χ4v) is 2.19. The molecule has 0 saturated carbocycles. The molecule has 8 nitrogen and oxygen atoms in total. The van der Waals surface area contributed by atoms with Crippen LogP contribution in [0.3, 0.4) is 0 Å². The predicted molar refractivity (Wildman–Crippen MR) is 83.2 cm³/mol. The van der Waals surface area contributed by atoms with Gasteiger partial charge in [0.1, 0.15) is 5.76 Å². The van der Waals surface area contributed by atoms with Crippen LogP contribution in [0.4, 0.5) is 0 Å². The molecule has 2 aromatic rings. The number of carbonyl (C=O) groups is 1. The topological polar surface area (TPSA) is 127 Å². The summed E-state index contributed by atoms with van der Waals surface area (Å²) in [6, 6.07) is 9.49. The maximum atomic E-state index is 12.2. The standard InChI is InChI=1S/C13H12ClN3O5S/c1-23(19,20)22-17(13(15)16)12(18)11-7-6-10(21-11)8-2-4-9(14)5-3-8/h2-7H,1H3,(H3,15,16). The van der Waals surface area contributed by atoms with E-state index in [4.69, 9.17) is 27.2 Å². The zero-order valence-electron chi connectivity index (χ0n) is 11.8. The number of hydrogen-bond acceptors (Lipinski definition) is 6. The Labute approximate surface area is 137 Å². The molecule has 0 unspecified atom stereocenters. The van der Waals surface area contributed by atoms with Crippen LogP contribution in [0.2, 0.25) is 5.02 Å². The smallest absolute Gasteiger partial charge is 0.321 e. The summed E-state index contributed by atoms with van der Waals surface area (Å²) in [4.78, 5) is 12.2. The van der Waals surface area contributed by atoms with Crippen LogP contribution in [0.15, 0.2) is 40.8 Å². The summed E-state index contributed by atoms with van der Waals surface area (Å²) in [6.07, 6.45) is 0.720. The monoisotopic (exact) mass is 357 g/mol. The highest BCUT2D eigenvalue weighted by Gasteiger charge is 2.26. The van der Waals surface area contributed by atoms with E-state index in [1.807, 2.05) is 0 Å². The highest BCUT2D eigenvalue weighted by molar-refractivity contribution is 7.85. The first kappa shape index (κ1) is 17.0. The number of nitrogens with one attached hydrogen (secondary N) is 1. The van der Waals surface area contributed by atoms with Gasteiger partial charge in [-0.05, 0) is 36.4 Å². The number of nitrogens with zero attached hydrogens (tertiary/aromatic N) is 1. The van der Waals surface area contributed by atoms with Crippen LogP contribution in [0, 0.1) is 5.41 Å². The van der Waals surface area contributed by atoms with Crippen molar-refractivity contribution >= 4 is 33.6 Å². The van der Waals surface area contributed by atoms with Gasteiger partial charge in [0.15, 0.2) is 5.76 Å². The van der Waals surface area contributed by atoms with Gasteiger partial charge in [0.05, 0.1) is 6.26 Å². The van der Waals surface area contributed by atoms with Crippen molar-refractivity contribution in [2.75, 3.05) is 6.26 Å². The number of guanidine groups is 1. The maximum absolute atomic E-state index is 12.2. The Hall–Kier alpha value is -2.36. The van der Waals surface area contributed by atoms with E-state index in [9.17, 15) is 13.2 Å². The van der Waals surface area contributed by atoms with Crippen molar-refractivity contribution in [1.82, 2.24) is 5.06 Å². The van der Waals surface area contributed by atoms with Crippen LogP contribution >= 0.6 is 11.6 Å². The van der Waals surface area contributed by atoms with E-state index in [-0.39, 0.29) is 10.8 Å². The minimum absolute atomic E-state index is 0.125. The Balaban J connectivity index is 2.29. The molecule has 1 aromatic carbocycles. The third-order valence-electron chi connectivity index (χ3n) is 2.56. The second-order valence-electron chi connectivity index (χ2n) is 4.43. The summed E-state index contributed by atoms with van der Waals surface area (Å²) >= 11 is 5.79. The lowest BCUT2D eigenvalue weighted by Crippen LogP contribution is -2.42. The Morgan fingerprint density at radius 1 is 1.26 bits per heavy atom. The van der Waals surface area contributed by atoms with Gasteiger partial charge < -0.3 is 10.2 Å². The molecule has 1 heterocycles. The molecule has 0 aliphatic heterocycles. The molecular formula is C13H12ClN3O5S. The Bertz CT molecular complexity index is 845. The summed E-state index contributed by atoms with van der Waals surface area (Å²) in [5.41, 5.74) is 5.82. The average Bonchev–Trinajstić information content (AvgIpc) is 2.93. The van der Waals surface area contributed by atoms with Crippen LogP contribution in [0.5, 0.6) is 0 Å². The SMILES string of the molecule is CS(=O)(=O)ON(C(=N)N)C(=O)c1ccc(-c2ccc(Cl)cc2)o1. The van der Waals surface area contributed by atoms with Crippen LogP contribution in [0.25, 0.3) is 11.3 Å². The van der Waals surface area contributed by atoms with Gasteiger partial charge in [0.25, 0.3) is 10.1 Å². The van der Waals surface area contributed by atoms with Crippen LogP contribution < -0.4 is 5.73 Å². The van der Waals surface area contributed by atoms with Crippen molar-refractivity contribution in [2.45, 2.75) is 0 Å². The van der Waals surface area contributed by atoms with Crippen molar-refractivity contribution < 1.29 is 21.9 Å². The number of furan rings is 1. The van der Waals surface area contributed by atoms with Crippen LogP contribution in [-0.2, 0) is 14.4 Å². The molecule has 23 heavy (non-hydrogen) atoms. The number of carbonyl (C=O) groups excluding carboxylic acids is 1. The first-order valence-corrected chi connectivity index (χ1v) is 8.30. The van der Waals surface area contributed by atoms with Crippen molar-refractivity contribution in [3.8, 4) is 11.3 Å². The highest BCUT2D eigenvalue weighted by Crippen LogP contribution is 2.24. The van der Waals surface area contributed by atoms with Crippen LogP contribution in [-0.4, -0.2) is 31.6 Å². The number of hydroxylamine groups is 2. The van der Waals surface area contributed by atoms with Crippen molar-refractivity contribution in [3.63, 3.8) is 0 Å². The van der Waals surface area contributed by atoms with Crippen LogP contribution in [0.1, 0.15) is 10.6 Å². The normalized spacial score (nSPS) is 11.2. The van der Waals surface area contributed by atoms with E-state index in [0.717, 1.165) is 6.26 Å². The summed E-state index contributed by atoms with van der Waals surface area (Å²) in [7, 11) is -4.04. The molecule has 10 heteroatoms. The van der Waals surface area contributed by atoms with Gasteiger partial charge in [-0.15, -0.1) is 9.35 Å². The number of hydrogen-bond donors (Lipinski definition) is 2. The first-order chi connectivity index (χ1) is 10.7. The molecule has 122 valence electrons. The predicted octanol–water partition coefficient (Wildman–Crippen LogP) is 1.83. The molecule has 0 aliphatic carbocycles. The molecule has 0 spiro atoms. The number of benzene rings is 1. The Kier molecular flexibility index (Phi) is 4.73. The zero-order valence-corrected chi connectivity index (χ0v) is 13.4. The first-order valence-electron chi connectivity index (χ1n) is 6.11. The molecule has 0 fully saturated rings. The summed E-state index contributed by atoms with van der Waals surface area (Å²) in [5.74, 6) is -1.81. The number of nitrogens with two attached hydrogens (primary N) is 1. The Morgan fingerprint density at radius 3 is 2.39 bits per heavy atom. The number of halogens is 1. The molecule has 3 N–H and O–H groups in total. The highest BCUT2D eigenvalue weighted by atomic mass is 35.5. The average molecular weight is 358 g/mol. The third kappa shape index (κ3) is 4.31. The molecule has 0 saturated heterocycles. The summed E-state index contributed by atoms with van der Waals surface area (Å²) < 4.78 is 32.0. The number of amides is 1. The van der Waals surface area contributed by atoms with Gasteiger partial charge >= 0.3 is 5.91 Å². The lowest BCUT2D eigenvalue weighted by atomic mass is 10.2. The van der Waals surface area contributed by atoms with Crippen molar-refractivity contribution in [2.24, 2.45) is 5.73 Å².